The molecule has 718 valence electrons. The number of carboxylic acid groups (broad SMARTS) is 8. The standard InChI is InChI=1S/C50H53Cl8N7O10.C31H47N7O18/c51-35-5-1-31(39(55)21-35)9-15-60-25-44(67)62(16-10-32-2-6-36(52)22-40(32)56)27-46(69)63(17-11-33-3-7-37(53)23-41(33)57)29-47(70)64(18-12-34-4-8-38(54)24-42(34)58)30-48(71)65(20-14-50(74)75)28-45(68)61(26-43(59)66)19-13-49(72)73;1-33(8-2-26(45)46)15-21(40)35(10-4-28(49)50)17-23(42)37(12-6-30(53)54)19-25(44)38(13-7-31(55)56)18-24(43)36(11-5-29(51)52)16-22(41)34(14-20(32)39)9-3-27(47)48/h1-8,21-24,60H,9-20,25-30H2,(H2,59,66)(H,72,73)(H,74,75);2-19H2,1H3,(H2,32,39)(H,45,46)(H,47,48)(H,49,50)(H,51,52)(H,53,54)(H,55,56). The van der Waals surface area contributed by atoms with E-state index in [9.17, 15) is 121 Å². The van der Waals surface area contributed by atoms with Crippen LogP contribution in [0, 0.1) is 0 Å². The highest BCUT2D eigenvalue weighted by Gasteiger charge is 2.34. The first-order valence-corrected chi connectivity index (χ1v) is 42.8. The number of hydrogen-bond donors (Lipinski definition) is 11. The Morgan fingerprint density at radius 1 is 0.252 bits per heavy atom. The molecule has 0 saturated heterocycles. The maximum absolute atomic E-state index is 14.8. The summed E-state index contributed by atoms with van der Waals surface area (Å²) in [6.45, 7) is -12.9. The highest BCUT2D eigenvalue weighted by atomic mass is 35.5. The summed E-state index contributed by atoms with van der Waals surface area (Å²) in [7, 11) is 1.39. The molecule has 50 heteroatoms. The molecule has 131 heavy (non-hydrogen) atoms. The van der Waals surface area contributed by atoms with Gasteiger partial charge in [0.1, 0.15) is 0 Å². The number of carboxylic acids is 8. The fourth-order valence-corrected chi connectivity index (χ4v) is 13.9. The van der Waals surface area contributed by atoms with Crippen LogP contribution in [0.2, 0.25) is 40.2 Å². The molecule has 0 aliphatic rings. The fraction of sp³-hybridized carbons (Fsp3) is 0.457. The summed E-state index contributed by atoms with van der Waals surface area (Å²) in [6.07, 6.45) is -4.29. The van der Waals surface area contributed by atoms with E-state index >= 15 is 0 Å². The Kier molecular flexibility index (Phi) is 51.2. The van der Waals surface area contributed by atoms with Crippen LogP contribution in [0.3, 0.4) is 0 Å². The number of nitrogens with two attached hydrogens (primary N) is 2. The van der Waals surface area contributed by atoms with Gasteiger partial charge in [-0.25, -0.2) is 0 Å². The summed E-state index contributed by atoms with van der Waals surface area (Å²) in [6, 6.07) is 19.4. The number of hydrogen-bond acceptors (Lipinski definition) is 22. The van der Waals surface area contributed by atoms with Gasteiger partial charge in [0.25, 0.3) is 0 Å². The summed E-state index contributed by atoms with van der Waals surface area (Å²) in [5, 5.41) is 79.6. The first-order chi connectivity index (χ1) is 61.5. The number of likely N-dealkylation sites (N-methyl/N-ethyl adjacent to an activating group) is 1. The van der Waals surface area contributed by atoms with Crippen molar-refractivity contribution in [1.82, 2.24) is 59.2 Å². The van der Waals surface area contributed by atoms with Gasteiger partial charge in [-0.3, -0.25) is 101 Å². The number of nitrogens with zero attached hydrogens (tertiary/aromatic N) is 11. The van der Waals surface area contributed by atoms with Crippen LogP contribution in [0.4, 0.5) is 0 Å². The van der Waals surface area contributed by atoms with Crippen molar-refractivity contribution in [3.8, 4) is 0 Å². The Labute approximate surface area is 790 Å². The highest BCUT2D eigenvalue weighted by molar-refractivity contribution is 6.37. The van der Waals surface area contributed by atoms with Gasteiger partial charge in [-0.1, -0.05) is 117 Å². The van der Waals surface area contributed by atoms with Gasteiger partial charge < -0.3 is 107 Å². The number of carbonyl (C=O) groups is 20. The van der Waals surface area contributed by atoms with E-state index in [4.69, 9.17) is 120 Å². The minimum atomic E-state index is -1.45. The number of aliphatic carboxylic acids is 8. The number of amides is 12. The molecule has 0 unspecified atom stereocenters. The maximum Gasteiger partial charge on any atom is 0.305 e. The number of halogens is 8. The summed E-state index contributed by atoms with van der Waals surface area (Å²) >= 11 is 50.5. The molecule has 0 radical (unpaired) electrons. The molecule has 4 rings (SSSR count). The van der Waals surface area contributed by atoms with E-state index in [0.717, 1.165) is 25.2 Å². The quantitative estimate of drug-likeness (QED) is 0.0283. The van der Waals surface area contributed by atoms with Crippen molar-refractivity contribution in [2.45, 2.75) is 77.0 Å². The minimum Gasteiger partial charge on any atom is -0.481 e. The van der Waals surface area contributed by atoms with E-state index in [0.29, 0.717) is 79.4 Å². The summed E-state index contributed by atoms with van der Waals surface area (Å²) in [4.78, 5) is 262. The number of benzene rings is 4. The van der Waals surface area contributed by atoms with Crippen molar-refractivity contribution >= 4 is 211 Å². The SMILES string of the molecule is CN(CCC(=O)O)CC(=O)N(CCC(=O)O)CC(=O)N(CCC(=O)O)CC(=O)N(CCC(=O)O)CC(=O)N(CCC(=O)O)CC(=O)N(CCC(=O)O)CC(N)=O.NC(=O)CN(CCC(=O)O)C(=O)CN(CCC(=O)O)C(=O)CN(CCc1ccc(Cl)cc1Cl)C(=O)CN(CCc1ccc(Cl)cc1Cl)C(=O)CN(CCc1ccc(Cl)cc1Cl)C(=O)CNCCc1ccc(Cl)cc1Cl. The first kappa shape index (κ1) is 114. The number of nitrogens with one attached hydrogen (secondary N) is 1. The summed E-state index contributed by atoms with van der Waals surface area (Å²) < 4.78 is 0. The third-order valence-electron chi connectivity index (χ3n) is 19.0. The molecule has 4 aromatic rings. The van der Waals surface area contributed by atoms with Crippen LogP contribution in [0.15, 0.2) is 72.8 Å². The van der Waals surface area contributed by atoms with Crippen molar-refractivity contribution in [3.63, 3.8) is 0 Å². The summed E-state index contributed by atoms with van der Waals surface area (Å²) in [5.41, 5.74) is 13.0. The molecule has 0 heterocycles. The first-order valence-electron chi connectivity index (χ1n) is 39.7. The third-order valence-corrected chi connectivity index (χ3v) is 21.3. The average molecular weight is 2000 g/mol. The van der Waals surface area contributed by atoms with Crippen LogP contribution >= 0.6 is 92.8 Å². The molecule has 13 N–H and O–H groups in total. The van der Waals surface area contributed by atoms with Gasteiger partial charge in [0.2, 0.25) is 70.9 Å². The van der Waals surface area contributed by atoms with E-state index in [1.807, 2.05) is 0 Å². The Morgan fingerprint density at radius 2 is 0.435 bits per heavy atom. The predicted molar refractivity (Wildman–Crippen MR) is 473 cm³/mol. The van der Waals surface area contributed by atoms with Crippen molar-refractivity contribution in [3.05, 3.63) is 135 Å². The maximum atomic E-state index is 14.8. The second-order valence-corrected chi connectivity index (χ2v) is 32.5. The van der Waals surface area contributed by atoms with Crippen LogP contribution < -0.4 is 16.8 Å². The van der Waals surface area contributed by atoms with Crippen LogP contribution in [-0.2, 0) is 122 Å². The van der Waals surface area contributed by atoms with Gasteiger partial charge in [0.05, 0.1) is 130 Å². The van der Waals surface area contributed by atoms with Gasteiger partial charge in [-0.15, -0.1) is 0 Å². The van der Waals surface area contributed by atoms with Gasteiger partial charge in [0.15, 0.2) is 0 Å². The number of rotatable bonds is 60. The van der Waals surface area contributed by atoms with Gasteiger partial charge in [-0.2, -0.15) is 0 Å². The molecule has 4 aromatic carbocycles. The predicted octanol–water partition coefficient (Wildman–Crippen LogP) is 2.75. The van der Waals surface area contributed by atoms with E-state index in [1.165, 1.54) is 33.9 Å². The fourth-order valence-electron chi connectivity index (χ4n) is 11.9. The molecule has 0 saturated carbocycles. The second-order valence-electron chi connectivity index (χ2n) is 29.1. The van der Waals surface area contributed by atoms with E-state index in [1.54, 1.807) is 60.7 Å². The lowest BCUT2D eigenvalue weighted by molar-refractivity contribution is -0.150. The molecule has 0 fully saturated rings. The van der Waals surface area contributed by atoms with Crippen molar-refractivity contribution < 1.29 is 137 Å². The topological polar surface area (TPSA) is 603 Å². The Balaban J connectivity index is 0.000000707. The number of primary amides is 2. The zero-order valence-electron chi connectivity index (χ0n) is 70.7. The molecule has 0 aliphatic heterocycles. The van der Waals surface area contributed by atoms with Crippen molar-refractivity contribution in [2.24, 2.45) is 11.5 Å². The van der Waals surface area contributed by atoms with Crippen LogP contribution in [0.25, 0.3) is 0 Å². The van der Waals surface area contributed by atoms with Crippen molar-refractivity contribution in [2.75, 3.05) is 164 Å². The van der Waals surface area contributed by atoms with Crippen LogP contribution in [0.1, 0.15) is 73.6 Å². The second kappa shape index (κ2) is 59.0. The van der Waals surface area contributed by atoms with Crippen LogP contribution in [-0.4, -0.2) is 378 Å². The molecule has 0 atom stereocenters. The summed E-state index contributed by atoms with van der Waals surface area (Å²) in [5.74, 6) is -21.8. The lowest BCUT2D eigenvalue weighted by Gasteiger charge is -2.32. The highest BCUT2D eigenvalue weighted by Crippen LogP contribution is 2.26. The molecular formula is C81H100Cl8N14O28. The number of carbonyl (C=O) groups excluding carboxylic acids is 12. The molecular weight excluding hydrogens is 1900 g/mol. The normalized spacial score (nSPS) is 10.8. The zero-order valence-corrected chi connectivity index (χ0v) is 76.8. The van der Waals surface area contributed by atoms with E-state index in [-0.39, 0.29) is 68.5 Å². The van der Waals surface area contributed by atoms with E-state index < -0.39 is 281 Å². The minimum absolute atomic E-state index is 0.00195. The lowest BCUT2D eigenvalue weighted by atomic mass is 10.1. The Morgan fingerprint density at radius 3 is 0.641 bits per heavy atom. The molecule has 12 amide bonds. The van der Waals surface area contributed by atoms with Gasteiger partial charge in [-0.05, 0) is 110 Å². The largest absolute Gasteiger partial charge is 0.481 e. The zero-order chi connectivity index (χ0) is 98.5. The Hall–Kier alpha value is -11.5. The molecule has 0 aliphatic carbocycles. The Bertz CT molecular complexity index is 4770. The lowest BCUT2D eigenvalue weighted by Crippen LogP contribution is -2.52. The van der Waals surface area contributed by atoms with Gasteiger partial charge in [0, 0.05) is 112 Å². The smallest absolute Gasteiger partial charge is 0.305 e. The van der Waals surface area contributed by atoms with Crippen molar-refractivity contribution in [1.29, 1.82) is 0 Å². The molecule has 0 aromatic heterocycles. The van der Waals surface area contributed by atoms with E-state index in [2.05, 4.69) is 5.32 Å². The third kappa shape index (κ3) is 46.3. The molecule has 0 spiro atoms. The monoisotopic (exact) mass is 2000 g/mol. The molecule has 42 nitrogen and oxygen atoms in total. The van der Waals surface area contributed by atoms with Crippen LogP contribution in [0.5, 0.6) is 0 Å². The molecule has 0 bridgehead atoms. The average Bonchev–Trinajstić information content (AvgIpc) is 0.844. The van der Waals surface area contributed by atoms with Gasteiger partial charge >= 0.3 is 47.8 Å².